The van der Waals surface area contributed by atoms with E-state index in [1.54, 1.807) is 6.92 Å². The van der Waals surface area contributed by atoms with Gasteiger partial charge >= 0.3 is 6.18 Å². The van der Waals surface area contributed by atoms with Gasteiger partial charge in [0.15, 0.2) is 17.2 Å². The van der Waals surface area contributed by atoms with Gasteiger partial charge in [-0.05, 0) is 24.1 Å². The zero-order valence-electron chi connectivity index (χ0n) is 19.4. The fourth-order valence-corrected chi connectivity index (χ4v) is 3.33. The fraction of sp³-hybridized carbons (Fsp3) is 0.308. The number of nitriles is 1. The van der Waals surface area contributed by atoms with Gasteiger partial charge < -0.3 is 20.5 Å². The minimum Gasteiger partial charge on any atom is -0.477 e. The minimum atomic E-state index is -4.54. The first-order chi connectivity index (χ1) is 17.2. The van der Waals surface area contributed by atoms with Gasteiger partial charge in [-0.15, -0.1) is 0 Å². The number of carbonyl (C=O) groups excluding carboxylic acids is 1. The van der Waals surface area contributed by atoms with Crippen LogP contribution in [0, 0.1) is 11.3 Å². The van der Waals surface area contributed by atoms with Gasteiger partial charge in [-0.25, -0.2) is 0 Å². The molecular weight excluding hydrogens is 487 g/mol. The highest BCUT2D eigenvalue weighted by molar-refractivity contribution is 5.89. The Labute approximate surface area is 213 Å². The molecule has 0 unspecified atom stereocenters. The van der Waals surface area contributed by atoms with E-state index < -0.39 is 23.6 Å². The van der Waals surface area contributed by atoms with Crippen molar-refractivity contribution in [2.45, 2.75) is 39.6 Å². The molecule has 0 aliphatic heterocycles. The maximum Gasteiger partial charge on any atom is 0.416 e. The van der Waals surface area contributed by atoms with E-state index in [0.717, 1.165) is 17.7 Å². The number of nitrogens with two attached hydrogens (primary N) is 1. The lowest BCUT2D eigenvalue weighted by Crippen LogP contribution is -2.36. The monoisotopic (exact) mass is 515 g/mol. The normalized spacial score (nSPS) is 11.6. The van der Waals surface area contributed by atoms with Crippen LogP contribution in [0.4, 0.5) is 24.9 Å². The maximum absolute atomic E-state index is 13.2. The number of nitrogens with one attached hydrogen (secondary N) is 1. The van der Waals surface area contributed by atoms with Crippen molar-refractivity contribution in [3.8, 4) is 11.9 Å². The first-order valence-electron chi connectivity index (χ1n) is 11.0. The summed E-state index contributed by atoms with van der Waals surface area (Å²) < 4.78 is 50.4. The predicted octanol–water partition coefficient (Wildman–Crippen LogP) is 4.79. The van der Waals surface area contributed by atoms with Crippen LogP contribution in [-0.4, -0.2) is 35.0 Å². The lowest BCUT2D eigenvalue weighted by molar-refractivity contribution is -0.137. The topological polar surface area (TPSA) is 123 Å². The molecule has 0 saturated carbocycles. The number of hydrogen-bond donors (Lipinski definition) is 2. The van der Waals surface area contributed by atoms with E-state index in [2.05, 4.69) is 15.3 Å². The van der Waals surface area contributed by atoms with Crippen LogP contribution in [0.15, 0.2) is 54.6 Å². The number of hydrogen-bond acceptors (Lipinski definition) is 8. The first kappa shape index (κ1) is 29.1. The van der Waals surface area contributed by atoms with Crippen LogP contribution in [0.25, 0.3) is 0 Å². The van der Waals surface area contributed by atoms with Gasteiger partial charge in [-0.3, -0.25) is 4.79 Å². The molecule has 1 aromatic heterocycles. The van der Waals surface area contributed by atoms with Gasteiger partial charge in [-0.1, -0.05) is 56.0 Å². The third kappa shape index (κ3) is 8.18. The highest BCUT2D eigenvalue weighted by atomic mass is 19.4. The van der Waals surface area contributed by atoms with Crippen LogP contribution in [-0.2, 0) is 28.7 Å². The van der Waals surface area contributed by atoms with Gasteiger partial charge in [0.1, 0.15) is 12.1 Å². The lowest BCUT2D eigenvalue weighted by atomic mass is 10.0. The van der Waals surface area contributed by atoms with Crippen molar-refractivity contribution in [3.63, 3.8) is 0 Å². The van der Waals surface area contributed by atoms with Crippen LogP contribution in [0.5, 0.6) is 5.88 Å². The number of carbonyl (C=O) groups is 1. The highest BCUT2D eigenvalue weighted by Crippen LogP contribution is 2.30. The summed E-state index contributed by atoms with van der Waals surface area (Å²) in [6, 6.07) is 14.6. The maximum atomic E-state index is 13.2. The van der Waals surface area contributed by atoms with Crippen LogP contribution < -0.4 is 15.8 Å². The Hall–Kier alpha value is -4.17. The summed E-state index contributed by atoms with van der Waals surface area (Å²) in [5.41, 5.74) is 5.88. The predicted molar refractivity (Wildman–Crippen MR) is 133 cm³/mol. The zero-order valence-corrected chi connectivity index (χ0v) is 19.4. The third-order valence-corrected chi connectivity index (χ3v) is 5.01. The summed E-state index contributed by atoms with van der Waals surface area (Å²) in [6.45, 7) is 1.95. The Morgan fingerprint density at radius 2 is 1.84 bits per heavy atom. The van der Waals surface area contributed by atoms with Crippen molar-refractivity contribution in [3.05, 3.63) is 76.9 Å². The number of nitrogens with zero attached hydrogens (tertiary/aromatic N) is 3. The highest BCUT2D eigenvalue weighted by Gasteiger charge is 2.31. The van der Waals surface area contributed by atoms with E-state index in [1.807, 2.05) is 36.4 Å². The molecule has 0 spiro atoms. The summed E-state index contributed by atoms with van der Waals surface area (Å²) in [5.74, 6) is -0.751. The number of ketones is 1. The SMILES string of the molecule is C.CCOc1nc(N)nc(N[C@@H](COCc2ccccc2)C(=O)Cc2cccc(C(F)(F)F)c2)c1C#N. The summed E-state index contributed by atoms with van der Waals surface area (Å²) in [5, 5.41) is 12.5. The molecule has 1 heterocycles. The molecule has 0 fully saturated rings. The smallest absolute Gasteiger partial charge is 0.416 e. The van der Waals surface area contributed by atoms with E-state index in [4.69, 9.17) is 15.2 Å². The second-order valence-electron chi connectivity index (χ2n) is 7.69. The molecule has 3 rings (SSSR count). The summed E-state index contributed by atoms with van der Waals surface area (Å²) in [6.07, 6.45) is -4.84. The minimum absolute atomic E-state index is 0. The number of halogens is 3. The first-order valence-corrected chi connectivity index (χ1v) is 11.0. The molecule has 3 aromatic rings. The van der Waals surface area contributed by atoms with Crippen molar-refractivity contribution >= 4 is 17.5 Å². The molecule has 196 valence electrons. The van der Waals surface area contributed by atoms with Crippen LogP contribution in [0.2, 0.25) is 0 Å². The van der Waals surface area contributed by atoms with Crippen molar-refractivity contribution in [2.75, 3.05) is 24.3 Å². The third-order valence-electron chi connectivity index (χ3n) is 5.01. The number of ether oxygens (including phenoxy) is 2. The number of aromatic nitrogens is 2. The Bertz CT molecular complexity index is 1230. The van der Waals surface area contributed by atoms with Gasteiger partial charge in [0.2, 0.25) is 11.8 Å². The molecule has 0 aliphatic carbocycles. The Morgan fingerprint density at radius 1 is 1.14 bits per heavy atom. The van der Waals surface area contributed by atoms with Crippen molar-refractivity contribution < 1.29 is 27.4 Å². The van der Waals surface area contributed by atoms with Gasteiger partial charge in [0.25, 0.3) is 0 Å². The largest absolute Gasteiger partial charge is 0.477 e. The van der Waals surface area contributed by atoms with E-state index in [0.29, 0.717) is 0 Å². The summed E-state index contributed by atoms with van der Waals surface area (Å²) >= 11 is 0. The van der Waals surface area contributed by atoms with Crippen molar-refractivity contribution in [1.82, 2.24) is 9.97 Å². The molecule has 3 N–H and O–H groups in total. The van der Waals surface area contributed by atoms with E-state index >= 15 is 0 Å². The number of rotatable bonds is 11. The van der Waals surface area contributed by atoms with E-state index in [9.17, 15) is 23.2 Å². The number of nitrogen functional groups attached to an aromatic ring is 1. The molecule has 11 heteroatoms. The van der Waals surface area contributed by atoms with Gasteiger partial charge in [0.05, 0.1) is 25.4 Å². The Kier molecular flexibility index (Phi) is 10.4. The average Bonchev–Trinajstić information content (AvgIpc) is 2.84. The van der Waals surface area contributed by atoms with Gasteiger partial charge in [-0.2, -0.15) is 28.4 Å². The molecule has 0 saturated heterocycles. The second kappa shape index (κ2) is 13.2. The van der Waals surface area contributed by atoms with Crippen LogP contribution >= 0.6 is 0 Å². The number of Topliss-reactive ketones (excluding diaryl/α,β-unsaturated/α-hetero) is 1. The number of anilines is 2. The van der Waals surface area contributed by atoms with Crippen molar-refractivity contribution in [1.29, 1.82) is 5.26 Å². The number of benzene rings is 2. The van der Waals surface area contributed by atoms with Gasteiger partial charge in [0, 0.05) is 6.42 Å². The van der Waals surface area contributed by atoms with Crippen LogP contribution in [0.1, 0.15) is 36.6 Å². The Morgan fingerprint density at radius 3 is 2.49 bits per heavy atom. The summed E-state index contributed by atoms with van der Waals surface area (Å²) in [7, 11) is 0. The molecule has 1 atom stereocenters. The van der Waals surface area contributed by atoms with E-state index in [1.165, 1.54) is 12.1 Å². The molecule has 0 amide bonds. The molecule has 0 bridgehead atoms. The van der Waals surface area contributed by atoms with Crippen molar-refractivity contribution in [2.24, 2.45) is 0 Å². The molecule has 37 heavy (non-hydrogen) atoms. The number of alkyl halides is 3. The zero-order chi connectivity index (χ0) is 26.1. The molecule has 0 radical (unpaired) electrons. The quantitative estimate of drug-likeness (QED) is 0.374. The van der Waals surface area contributed by atoms with Crippen LogP contribution in [0.3, 0.4) is 0 Å². The lowest BCUT2D eigenvalue weighted by Gasteiger charge is -2.20. The van der Waals surface area contributed by atoms with E-state index in [-0.39, 0.29) is 62.4 Å². The fourth-order valence-electron chi connectivity index (χ4n) is 3.33. The molecule has 8 nitrogen and oxygen atoms in total. The standard InChI is InChI=1S/C25H24F3N5O3.CH4/c1-2-36-23-19(13-29)22(32-24(30)33-23)31-20(15-35-14-16-7-4-3-5-8-16)21(34)12-17-9-6-10-18(11-17)25(26,27)28;/h3-11,20H,2,12,14-15H2,1H3,(H3,30,31,32,33);1H4/t20-;/m0./s1. The summed E-state index contributed by atoms with van der Waals surface area (Å²) in [4.78, 5) is 21.1. The molecular formula is C26H28F3N5O3. The Balaban J connectivity index is 0.00000481. The second-order valence-corrected chi connectivity index (χ2v) is 7.69. The molecule has 0 aliphatic rings. The average molecular weight is 516 g/mol. The molecule has 2 aromatic carbocycles.